The van der Waals surface area contributed by atoms with Crippen LogP contribution < -0.4 is 0 Å². The van der Waals surface area contributed by atoms with Crippen LogP contribution in [0.5, 0.6) is 0 Å². The summed E-state index contributed by atoms with van der Waals surface area (Å²) in [6.07, 6.45) is 2.54. The van der Waals surface area contributed by atoms with Crippen molar-refractivity contribution in [2.24, 2.45) is 0 Å². The van der Waals surface area contributed by atoms with E-state index in [1.807, 2.05) is 0 Å². The van der Waals surface area contributed by atoms with Crippen LogP contribution in [0, 0.1) is 0 Å². The Bertz CT molecular complexity index is 261. The fourth-order valence-corrected chi connectivity index (χ4v) is 1.77. The molecule has 0 N–H and O–H groups in total. The quantitative estimate of drug-likeness (QED) is 0.636. The normalized spacial score (nSPS) is 29.0. The van der Waals surface area contributed by atoms with Gasteiger partial charge in [-0.25, -0.2) is 0 Å². The van der Waals surface area contributed by atoms with Crippen LogP contribution in [-0.4, -0.2) is 47.2 Å². The van der Waals surface area contributed by atoms with Gasteiger partial charge in [-0.15, -0.1) is 0 Å². The van der Waals surface area contributed by atoms with Gasteiger partial charge < -0.3 is 9.47 Å². The first-order valence-electron chi connectivity index (χ1n) is 4.50. The van der Waals surface area contributed by atoms with Gasteiger partial charge in [-0.3, -0.25) is 4.18 Å². The van der Waals surface area contributed by atoms with Gasteiger partial charge in [0.1, 0.15) is 0 Å². The molecule has 84 valence electrons. The molecule has 1 rings (SSSR count). The first kappa shape index (κ1) is 11.9. The number of hydrogen-bond acceptors (Lipinski definition) is 5. The minimum absolute atomic E-state index is 0.0820. The molecule has 2 atom stereocenters. The molecule has 1 heterocycles. The van der Waals surface area contributed by atoms with E-state index < -0.39 is 10.1 Å². The van der Waals surface area contributed by atoms with E-state index in [4.69, 9.17) is 9.47 Å². The van der Waals surface area contributed by atoms with Gasteiger partial charge in [-0.1, -0.05) is 0 Å². The predicted octanol–water partition coefficient (Wildman–Crippen LogP) is 0.157. The summed E-state index contributed by atoms with van der Waals surface area (Å²) in [5, 5.41) is 0. The van der Waals surface area contributed by atoms with Crippen molar-refractivity contribution in [2.45, 2.75) is 25.0 Å². The molecule has 0 spiro atoms. The molecule has 0 aliphatic carbocycles. The Morgan fingerprint density at radius 2 is 2.21 bits per heavy atom. The molecular weight excluding hydrogens is 208 g/mol. The molecule has 0 unspecified atom stereocenters. The van der Waals surface area contributed by atoms with Crippen LogP contribution in [0.25, 0.3) is 0 Å². The number of rotatable bonds is 4. The summed E-state index contributed by atoms with van der Waals surface area (Å²) in [5.74, 6) is 0. The zero-order valence-corrected chi connectivity index (χ0v) is 9.25. The molecule has 1 aliphatic heterocycles. The molecule has 5 nitrogen and oxygen atoms in total. The summed E-state index contributed by atoms with van der Waals surface area (Å²) >= 11 is 0. The summed E-state index contributed by atoms with van der Waals surface area (Å²) in [7, 11) is -1.73. The van der Waals surface area contributed by atoms with E-state index in [-0.39, 0.29) is 18.8 Å². The molecule has 1 fully saturated rings. The summed E-state index contributed by atoms with van der Waals surface area (Å²) in [4.78, 5) is 0. The van der Waals surface area contributed by atoms with Crippen molar-refractivity contribution in [1.29, 1.82) is 0 Å². The third-order valence-corrected chi connectivity index (χ3v) is 2.68. The van der Waals surface area contributed by atoms with Crippen LogP contribution in [0.4, 0.5) is 0 Å². The fourth-order valence-electron chi connectivity index (χ4n) is 1.37. The second-order valence-corrected chi connectivity index (χ2v) is 5.01. The Labute approximate surface area is 84.5 Å². The molecule has 14 heavy (non-hydrogen) atoms. The first-order chi connectivity index (χ1) is 6.51. The van der Waals surface area contributed by atoms with Crippen molar-refractivity contribution in [2.75, 3.05) is 26.6 Å². The molecule has 1 saturated heterocycles. The summed E-state index contributed by atoms with van der Waals surface area (Å²) < 4.78 is 36.6. The van der Waals surface area contributed by atoms with Crippen molar-refractivity contribution in [3.8, 4) is 0 Å². The average Bonchev–Trinajstić information content (AvgIpc) is 2.14. The third-order valence-electron chi connectivity index (χ3n) is 2.12. The van der Waals surface area contributed by atoms with Gasteiger partial charge in [0.15, 0.2) is 0 Å². The van der Waals surface area contributed by atoms with Crippen molar-refractivity contribution in [3.05, 3.63) is 0 Å². The third kappa shape index (κ3) is 4.36. The lowest BCUT2D eigenvalue weighted by molar-refractivity contribution is -0.0716. The lowest BCUT2D eigenvalue weighted by Gasteiger charge is -2.27. The van der Waals surface area contributed by atoms with Crippen molar-refractivity contribution >= 4 is 10.1 Å². The summed E-state index contributed by atoms with van der Waals surface area (Å²) in [5.41, 5.74) is 0. The molecule has 0 aromatic rings. The number of methoxy groups -OCH3 is 1. The maximum absolute atomic E-state index is 10.7. The van der Waals surface area contributed by atoms with E-state index in [1.54, 1.807) is 7.11 Å². The van der Waals surface area contributed by atoms with E-state index in [2.05, 4.69) is 4.18 Å². The maximum atomic E-state index is 10.7. The molecule has 0 saturated carbocycles. The van der Waals surface area contributed by atoms with Crippen molar-refractivity contribution in [1.82, 2.24) is 0 Å². The second-order valence-electron chi connectivity index (χ2n) is 3.36. The molecule has 0 aromatic carbocycles. The lowest BCUT2D eigenvalue weighted by atomic mass is 10.1. The molecule has 0 radical (unpaired) electrons. The monoisotopic (exact) mass is 224 g/mol. The van der Waals surface area contributed by atoms with Crippen molar-refractivity contribution < 1.29 is 22.1 Å². The van der Waals surface area contributed by atoms with Gasteiger partial charge in [0.2, 0.25) is 0 Å². The topological polar surface area (TPSA) is 61.8 Å². The van der Waals surface area contributed by atoms with Gasteiger partial charge in [0, 0.05) is 20.1 Å². The zero-order valence-electron chi connectivity index (χ0n) is 8.43. The second kappa shape index (κ2) is 5.06. The van der Waals surface area contributed by atoms with Crippen LogP contribution in [0.2, 0.25) is 0 Å². The highest BCUT2D eigenvalue weighted by molar-refractivity contribution is 7.85. The largest absolute Gasteiger partial charge is 0.381 e. The van der Waals surface area contributed by atoms with Gasteiger partial charge in [-0.2, -0.15) is 8.42 Å². The zero-order chi connectivity index (χ0) is 10.6. The summed E-state index contributed by atoms with van der Waals surface area (Å²) in [6, 6.07) is 0. The van der Waals surface area contributed by atoms with Gasteiger partial charge in [0.25, 0.3) is 10.1 Å². The van der Waals surface area contributed by atoms with Gasteiger partial charge >= 0.3 is 0 Å². The van der Waals surface area contributed by atoms with Crippen molar-refractivity contribution in [3.63, 3.8) is 0 Å². The van der Waals surface area contributed by atoms with E-state index >= 15 is 0 Å². The minimum atomic E-state index is -3.37. The van der Waals surface area contributed by atoms with Crippen LogP contribution >= 0.6 is 0 Å². The Morgan fingerprint density at radius 3 is 2.79 bits per heavy atom. The van der Waals surface area contributed by atoms with Gasteiger partial charge in [-0.05, 0) is 6.42 Å². The molecule has 0 bridgehead atoms. The Morgan fingerprint density at radius 1 is 1.50 bits per heavy atom. The van der Waals surface area contributed by atoms with Gasteiger partial charge in [0.05, 0.1) is 25.1 Å². The fraction of sp³-hybridized carbons (Fsp3) is 1.00. The minimum Gasteiger partial charge on any atom is -0.381 e. The smallest absolute Gasteiger partial charge is 0.264 e. The predicted molar refractivity (Wildman–Crippen MR) is 50.6 cm³/mol. The molecule has 6 heteroatoms. The number of ether oxygens (including phenoxy) is 2. The van der Waals surface area contributed by atoms with Crippen LogP contribution in [0.15, 0.2) is 0 Å². The van der Waals surface area contributed by atoms with Crippen LogP contribution in [0.3, 0.4) is 0 Å². The highest BCUT2D eigenvalue weighted by atomic mass is 32.2. The number of hydrogen-bond donors (Lipinski definition) is 0. The highest BCUT2D eigenvalue weighted by Crippen LogP contribution is 2.16. The maximum Gasteiger partial charge on any atom is 0.264 e. The van der Waals surface area contributed by atoms with E-state index in [0.29, 0.717) is 13.0 Å². The Balaban J connectivity index is 2.31. The SMILES string of the molecule is CO[C@@H]1CCO[C@H](COS(C)(=O)=O)C1. The first-order valence-corrected chi connectivity index (χ1v) is 6.31. The van der Waals surface area contributed by atoms with Crippen LogP contribution in [0.1, 0.15) is 12.8 Å². The lowest BCUT2D eigenvalue weighted by Crippen LogP contribution is -2.33. The molecule has 0 amide bonds. The standard InChI is InChI=1S/C8H16O5S/c1-11-7-3-4-12-8(5-7)6-13-14(2,9)10/h7-8H,3-6H2,1-2H3/t7-,8+/m1/s1. The Kier molecular flexibility index (Phi) is 4.31. The van der Waals surface area contributed by atoms with Crippen LogP contribution in [-0.2, 0) is 23.8 Å². The summed E-state index contributed by atoms with van der Waals surface area (Å²) in [6.45, 7) is 0.676. The molecule has 0 aromatic heterocycles. The highest BCUT2D eigenvalue weighted by Gasteiger charge is 2.23. The van der Waals surface area contributed by atoms with E-state index in [9.17, 15) is 8.42 Å². The Hall–Kier alpha value is -0.170. The molecule has 1 aliphatic rings. The van der Waals surface area contributed by atoms with E-state index in [0.717, 1.165) is 12.7 Å². The van der Waals surface area contributed by atoms with E-state index in [1.165, 1.54) is 0 Å². The average molecular weight is 224 g/mol. The molecular formula is C8H16O5S.